The van der Waals surface area contributed by atoms with Crippen molar-refractivity contribution in [1.82, 2.24) is 10.3 Å². The van der Waals surface area contributed by atoms with E-state index in [1.807, 2.05) is 19.9 Å². The molecule has 0 radical (unpaired) electrons. The maximum absolute atomic E-state index is 12.1. The van der Waals surface area contributed by atoms with Gasteiger partial charge < -0.3 is 10.1 Å². The molecule has 2 aliphatic rings. The minimum atomic E-state index is -0.652. The van der Waals surface area contributed by atoms with Crippen LogP contribution in [0.15, 0.2) is 12.1 Å². The Hall–Kier alpha value is -1.13. The summed E-state index contributed by atoms with van der Waals surface area (Å²) < 4.78 is 5.24. The molecule has 0 aromatic carbocycles. The Morgan fingerprint density at radius 1 is 1.41 bits per heavy atom. The third-order valence-electron chi connectivity index (χ3n) is 3.59. The number of carbonyl (C=O) groups is 1. The van der Waals surface area contributed by atoms with E-state index in [0.29, 0.717) is 18.4 Å². The number of nitrogens with one attached hydrogen (secondary N) is 1. The van der Waals surface area contributed by atoms with Gasteiger partial charge in [-0.05, 0) is 19.9 Å². The van der Waals surface area contributed by atoms with Crippen molar-refractivity contribution < 1.29 is 9.53 Å². The Labute approximate surface area is 104 Å². The van der Waals surface area contributed by atoms with Gasteiger partial charge in [-0.2, -0.15) is 0 Å². The fourth-order valence-electron chi connectivity index (χ4n) is 2.38. The number of rotatable bonds is 0. The Bertz CT molecular complexity index is 509. The summed E-state index contributed by atoms with van der Waals surface area (Å²) in [6, 6.07) is 3.70. The van der Waals surface area contributed by atoms with E-state index >= 15 is 0 Å². The summed E-state index contributed by atoms with van der Waals surface area (Å²) in [6.45, 7) is 4.73. The molecule has 4 nitrogen and oxygen atoms in total. The highest BCUT2D eigenvalue weighted by Crippen LogP contribution is 2.41. The molecule has 0 atom stereocenters. The zero-order chi connectivity index (χ0) is 12.3. The van der Waals surface area contributed by atoms with Crippen molar-refractivity contribution in [2.75, 3.05) is 13.2 Å². The van der Waals surface area contributed by atoms with Gasteiger partial charge in [-0.25, -0.2) is 4.98 Å². The molecule has 90 valence electrons. The summed E-state index contributed by atoms with van der Waals surface area (Å²) in [6.07, 6.45) is 0. The largest absolute Gasteiger partial charge is 0.376 e. The van der Waals surface area contributed by atoms with Crippen molar-refractivity contribution in [3.8, 4) is 0 Å². The maximum atomic E-state index is 12.1. The molecular weight excluding hydrogens is 240 g/mol. The van der Waals surface area contributed by atoms with Crippen LogP contribution in [-0.2, 0) is 20.5 Å². The van der Waals surface area contributed by atoms with E-state index < -0.39 is 5.41 Å². The van der Waals surface area contributed by atoms with E-state index in [0.717, 1.165) is 11.3 Å². The molecule has 1 saturated heterocycles. The highest BCUT2D eigenvalue weighted by atomic mass is 35.5. The predicted molar refractivity (Wildman–Crippen MR) is 62.9 cm³/mol. The second-order valence-corrected chi connectivity index (χ2v) is 5.57. The molecule has 17 heavy (non-hydrogen) atoms. The Morgan fingerprint density at radius 3 is 2.71 bits per heavy atom. The van der Waals surface area contributed by atoms with Gasteiger partial charge >= 0.3 is 0 Å². The summed E-state index contributed by atoms with van der Waals surface area (Å²) in [7, 11) is 0. The quantitative estimate of drug-likeness (QED) is 0.710. The van der Waals surface area contributed by atoms with E-state index in [9.17, 15) is 4.79 Å². The average Bonchev–Trinajstić information content (AvgIpc) is 2.22. The molecular formula is C12H13ClN2O2. The van der Waals surface area contributed by atoms with Crippen LogP contribution in [0.25, 0.3) is 0 Å². The Morgan fingerprint density at radius 2 is 2.12 bits per heavy atom. The average molecular weight is 253 g/mol. The molecule has 1 fully saturated rings. The lowest BCUT2D eigenvalue weighted by Gasteiger charge is -2.49. The van der Waals surface area contributed by atoms with Crippen molar-refractivity contribution in [3.63, 3.8) is 0 Å². The maximum Gasteiger partial charge on any atom is 0.232 e. The number of hydrogen-bond acceptors (Lipinski definition) is 3. The first kappa shape index (κ1) is 11.0. The van der Waals surface area contributed by atoms with E-state index in [4.69, 9.17) is 16.3 Å². The van der Waals surface area contributed by atoms with Crippen molar-refractivity contribution in [2.24, 2.45) is 0 Å². The third kappa shape index (κ3) is 1.34. The smallest absolute Gasteiger partial charge is 0.232 e. The van der Waals surface area contributed by atoms with Gasteiger partial charge in [-0.3, -0.25) is 4.79 Å². The lowest BCUT2D eigenvalue weighted by atomic mass is 9.73. The second-order valence-electron chi connectivity index (χ2n) is 5.18. The number of pyridine rings is 1. The van der Waals surface area contributed by atoms with Gasteiger partial charge in [-0.1, -0.05) is 17.7 Å². The molecule has 1 spiro atoms. The monoisotopic (exact) mass is 252 g/mol. The lowest BCUT2D eigenvalue weighted by molar-refractivity contribution is -0.141. The summed E-state index contributed by atoms with van der Waals surface area (Å²) >= 11 is 5.93. The van der Waals surface area contributed by atoms with Crippen LogP contribution in [0.5, 0.6) is 0 Å². The first-order chi connectivity index (χ1) is 7.96. The molecule has 1 amide bonds. The molecule has 0 bridgehead atoms. The molecule has 1 aromatic heterocycles. The van der Waals surface area contributed by atoms with Crippen LogP contribution in [0.3, 0.4) is 0 Å². The zero-order valence-electron chi connectivity index (χ0n) is 9.71. The number of amides is 1. The topological polar surface area (TPSA) is 51.2 Å². The third-order valence-corrected chi connectivity index (χ3v) is 3.80. The van der Waals surface area contributed by atoms with Crippen LogP contribution >= 0.6 is 11.6 Å². The van der Waals surface area contributed by atoms with Crippen LogP contribution < -0.4 is 5.32 Å². The van der Waals surface area contributed by atoms with Crippen LogP contribution in [0.2, 0.25) is 5.15 Å². The van der Waals surface area contributed by atoms with E-state index in [1.165, 1.54) is 0 Å². The van der Waals surface area contributed by atoms with Crippen molar-refractivity contribution >= 4 is 17.5 Å². The van der Waals surface area contributed by atoms with Crippen molar-refractivity contribution in [1.29, 1.82) is 0 Å². The molecule has 1 aromatic rings. The highest BCUT2D eigenvalue weighted by molar-refractivity contribution is 6.29. The molecule has 0 saturated carbocycles. The first-order valence-electron chi connectivity index (χ1n) is 5.54. The molecule has 2 aliphatic heterocycles. The summed E-state index contributed by atoms with van der Waals surface area (Å²) in [5, 5.41) is 3.47. The van der Waals surface area contributed by atoms with Gasteiger partial charge in [0, 0.05) is 5.56 Å². The van der Waals surface area contributed by atoms with Gasteiger partial charge in [0.05, 0.1) is 24.3 Å². The number of carbonyl (C=O) groups excluding carboxylic acids is 1. The molecule has 1 N–H and O–H groups in total. The van der Waals surface area contributed by atoms with Crippen molar-refractivity contribution in [3.05, 3.63) is 28.5 Å². The molecule has 0 aliphatic carbocycles. The van der Waals surface area contributed by atoms with Gasteiger partial charge in [0.2, 0.25) is 5.91 Å². The van der Waals surface area contributed by atoms with Crippen molar-refractivity contribution in [2.45, 2.75) is 24.8 Å². The number of hydrogen-bond donors (Lipinski definition) is 1. The standard InChI is InChI=1S/C12H13ClN2O2/c1-11(2)9-7(3-4-8(13)14-9)12(5-17-6-12)15-10(11)16/h3-4H,5-6H2,1-2H3,(H,15,16). The van der Waals surface area contributed by atoms with Crippen LogP contribution in [0.4, 0.5) is 0 Å². The Balaban J connectivity index is 2.24. The van der Waals surface area contributed by atoms with Gasteiger partial charge in [0.1, 0.15) is 10.7 Å². The molecule has 3 rings (SSSR count). The number of fused-ring (bicyclic) bond motifs is 2. The fraction of sp³-hybridized carbons (Fsp3) is 0.500. The van der Waals surface area contributed by atoms with Gasteiger partial charge in [0.15, 0.2) is 0 Å². The first-order valence-corrected chi connectivity index (χ1v) is 5.91. The molecule has 0 unspecified atom stereocenters. The number of nitrogens with zero attached hydrogens (tertiary/aromatic N) is 1. The predicted octanol–water partition coefficient (Wildman–Crippen LogP) is 1.37. The lowest BCUT2D eigenvalue weighted by Crippen LogP contribution is -2.66. The number of aromatic nitrogens is 1. The number of halogens is 1. The zero-order valence-corrected chi connectivity index (χ0v) is 10.5. The summed E-state index contributed by atoms with van der Waals surface area (Å²) in [5.41, 5.74) is 0.746. The summed E-state index contributed by atoms with van der Waals surface area (Å²) in [5.74, 6) is -0.0249. The van der Waals surface area contributed by atoms with Crippen LogP contribution in [0, 0.1) is 0 Å². The fourth-order valence-corrected chi connectivity index (χ4v) is 2.53. The molecule has 3 heterocycles. The molecule has 5 heteroatoms. The van der Waals surface area contributed by atoms with E-state index in [1.54, 1.807) is 6.07 Å². The SMILES string of the molecule is CC1(C)C(=O)NC2(COC2)c2ccc(Cl)nc21. The minimum Gasteiger partial charge on any atom is -0.376 e. The van der Waals surface area contributed by atoms with Crippen LogP contribution in [0.1, 0.15) is 25.1 Å². The second kappa shape index (κ2) is 3.21. The van der Waals surface area contributed by atoms with Gasteiger partial charge in [-0.15, -0.1) is 0 Å². The Kier molecular flexibility index (Phi) is 2.07. The normalized spacial score (nSPS) is 23.8. The van der Waals surface area contributed by atoms with Gasteiger partial charge in [0.25, 0.3) is 0 Å². The highest BCUT2D eigenvalue weighted by Gasteiger charge is 2.52. The number of ether oxygens (including phenoxy) is 1. The van der Waals surface area contributed by atoms with Crippen LogP contribution in [-0.4, -0.2) is 24.1 Å². The van der Waals surface area contributed by atoms with E-state index in [-0.39, 0.29) is 11.4 Å². The minimum absolute atomic E-state index is 0.0249. The summed E-state index contributed by atoms with van der Waals surface area (Å²) in [4.78, 5) is 16.5. The van der Waals surface area contributed by atoms with E-state index in [2.05, 4.69) is 10.3 Å².